The first kappa shape index (κ1) is 15.9. The summed E-state index contributed by atoms with van der Waals surface area (Å²) in [7, 11) is 0. The molecule has 0 radical (unpaired) electrons. The topological polar surface area (TPSA) is 98.5 Å². The van der Waals surface area contributed by atoms with Gasteiger partial charge in [-0.3, -0.25) is 9.78 Å². The molecule has 0 atom stereocenters. The van der Waals surface area contributed by atoms with Gasteiger partial charge in [0.15, 0.2) is 17.3 Å². The normalized spacial score (nSPS) is 12.0. The molecule has 26 heavy (non-hydrogen) atoms. The quantitative estimate of drug-likeness (QED) is 0.728. The second-order valence-corrected chi connectivity index (χ2v) is 5.75. The van der Waals surface area contributed by atoms with Crippen LogP contribution in [0.25, 0.3) is 0 Å². The van der Waals surface area contributed by atoms with Gasteiger partial charge in [0.25, 0.3) is 5.91 Å². The summed E-state index contributed by atoms with van der Waals surface area (Å²) in [5.74, 6) is 2.10. The minimum absolute atomic E-state index is 0.250. The minimum Gasteiger partial charge on any atom is -0.454 e. The van der Waals surface area contributed by atoms with E-state index in [0.29, 0.717) is 18.1 Å². The zero-order valence-corrected chi connectivity index (χ0v) is 14.0. The number of pyridine rings is 1. The molecule has 4 rings (SSSR count). The average Bonchev–Trinajstić information content (AvgIpc) is 3.28. The molecule has 3 heterocycles. The highest BCUT2D eigenvalue weighted by Gasteiger charge is 2.14. The third-order valence-corrected chi connectivity index (χ3v) is 3.80. The summed E-state index contributed by atoms with van der Waals surface area (Å²) in [6.07, 6.45) is 1.57. The lowest BCUT2D eigenvalue weighted by Crippen LogP contribution is -2.14. The standard InChI is InChI=1S/C18H16N4O4/c1-11-6-17(22-26-11)21-18(23)14-8-13(4-5-19-14)20-9-12-2-3-15-16(7-12)25-10-24-15/h2-8H,9-10H2,1H3,(H,19,20)(H,21,22,23). The molecule has 1 aliphatic rings. The highest BCUT2D eigenvalue weighted by atomic mass is 16.7. The minimum atomic E-state index is -0.356. The number of benzene rings is 1. The monoisotopic (exact) mass is 352 g/mol. The van der Waals surface area contributed by atoms with Gasteiger partial charge in [-0.05, 0) is 36.8 Å². The molecule has 0 aliphatic carbocycles. The molecule has 2 aromatic heterocycles. The summed E-state index contributed by atoms with van der Waals surface area (Å²) < 4.78 is 15.6. The Morgan fingerprint density at radius 1 is 1.15 bits per heavy atom. The van der Waals surface area contributed by atoms with Gasteiger partial charge < -0.3 is 24.6 Å². The number of hydrogen-bond donors (Lipinski definition) is 2. The predicted octanol–water partition coefficient (Wildman–Crippen LogP) is 2.97. The molecule has 2 N–H and O–H groups in total. The molecule has 0 unspecified atom stereocenters. The maximum absolute atomic E-state index is 12.3. The van der Waals surface area contributed by atoms with Crippen LogP contribution in [0.4, 0.5) is 11.5 Å². The van der Waals surface area contributed by atoms with Crippen molar-refractivity contribution in [3.05, 3.63) is 59.6 Å². The number of hydrogen-bond acceptors (Lipinski definition) is 7. The second kappa shape index (κ2) is 6.75. The Morgan fingerprint density at radius 3 is 2.88 bits per heavy atom. The van der Waals surface area contributed by atoms with E-state index in [4.69, 9.17) is 14.0 Å². The van der Waals surface area contributed by atoms with E-state index in [1.165, 1.54) is 0 Å². The largest absolute Gasteiger partial charge is 0.454 e. The summed E-state index contributed by atoms with van der Waals surface area (Å²) in [5, 5.41) is 9.64. The maximum atomic E-state index is 12.3. The smallest absolute Gasteiger partial charge is 0.275 e. The molecule has 1 aliphatic heterocycles. The summed E-state index contributed by atoms with van der Waals surface area (Å²) >= 11 is 0. The van der Waals surface area contributed by atoms with Crippen molar-refractivity contribution in [2.24, 2.45) is 0 Å². The van der Waals surface area contributed by atoms with Crippen molar-refractivity contribution in [2.45, 2.75) is 13.5 Å². The number of rotatable bonds is 5. The van der Waals surface area contributed by atoms with E-state index >= 15 is 0 Å². The number of amides is 1. The first-order valence-electron chi connectivity index (χ1n) is 8.00. The van der Waals surface area contributed by atoms with Crippen LogP contribution in [0.15, 0.2) is 47.1 Å². The van der Waals surface area contributed by atoms with E-state index in [1.807, 2.05) is 18.2 Å². The van der Waals surface area contributed by atoms with Gasteiger partial charge in [-0.15, -0.1) is 0 Å². The van der Waals surface area contributed by atoms with Crippen LogP contribution in [0.3, 0.4) is 0 Å². The van der Waals surface area contributed by atoms with Gasteiger partial charge in [-0.1, -0.05) is 11.2 Å². The van der Waals surface area contributed by atoms with Crippen LogP contribution in [0, 0.1) is 6.92 Å². The molecule has 8 nitrogen and oxygen atoms in total. The molecule has 3 aromatic rings. The lowest BCUT2D eigenvalue weighted by molar-refractivity contribution is 0.102. The van der Waals surface area contributed by atoms with Crippen LogP contribution >= 0.6 is 0 Å². The fraction of sp³-hybridized carbons (Fsp3) is 0.167. The molecular weight excluding hydrogens is 336 g/mol. The summed E-state index contributed by atoms with van der Waals surface area (Å²) in [6.45, 7) is 2.58. The Bertz CT molecular complexity index is 954. The third kappa shape index (κ3) is 3.44. The number of aryl methyl sites for hydroxylation is 1. The van der Waals surface area contributed by atoms with Gasteiger partial charge in [0.1, 0.15) is 11.5 Å². The molecular formula is C18H16N4O4. The number of aromatic nitrogens is 2. The van der Waals surface area contributed by atoms with Crippen molar-refractivity contribution in [2.75, 3.05) is 17.4 Å². The highest BCUT2D eigenvalue weighted by molar-refractivity contribution is 6.02. The molecule has 1 amide bonds. The summed E-state index contributed by atoms with van der Waals surface area (Å²) in [4.78, 5) is 16.4. The zero-order valence-electron chi connectivity index (χ0n) is 14.0. The fourth-order valence-corrected chi connectivity index (χ4v) is 2.53. The van der Waals surface area contributed by atoms with Crippen LogP contribution in [0.1, 0.15) is 21.8 Å². The number of fused-ring (bicyclic) bond motifs is 1. The van der Waals surface area contributed by atoms with Crippen molar-refractivity contribution in [1.29, 1.82) is 0 Å². The molecule has 0 saturated heterocycles. The van der Waals surface area contributed by atoms with E-state index in [1.54, 1.807) is 31.3 Å². The van der Waals surface area contributed by atoms with Crippen molar-refractivity contribution >= 4 is 17.4 Å². The highest BCUT2D eigenvalue weighted by Crippen LogP contribution is 2.32. The van der Waals surface area contributed by atoms with Crippen LogP contribution in [-0.4, -0.2) is 22.8 Å². The van der Waals surface area contributed by atoms with Gasteiger partial charge in [0.05, 0.1) is 0 Å². The Morgan fingerprint density at radius 2 is 2.04 bits per heavy atom. The Kier molecular flexibility index (Phi) is 4.14. The Hall–Kier alpha value is -3.55. The van der Waals surface area contributed by atoms with Crippen LogP contribution in [-0.2, 0) is 6.54 Å². The zero-order chi connectivity index (χ0) is 17.9. The number of nitrogens with zero attached hydrogens (tertiary/aromatic N) is 2. The van der Waals surface area contributed by atoms with Crippen LogP contribution < -0.4 is 20.1 Å². The van der Waals surface area contributed by atoms with Crippen LogP contribution in [0.5, 0.6) is 11.5 Å². The summed E-state index contributed by atoms with van der Waals surface area (Å²) in [5.41, 5.74) is 2.09. The lowest BCUT2D eigenvalue weighted by atomic mass is 10.2. The van der Waals surface area contributed by atoms with Gasteiger partial charge in [-0.2, -0.15) is 0 Å². The van der Waals surface area contributed by atoms with E-state index in [-0.39, 0.29) is 18.4 Å². The molecule has 0 bridgehead atoms. The second-order valence-electron chi connectivity index (χ2n) is 5.75. The van der Waals surface area contributed by atoms with E-state index < -0.39 is 0 Å². The van der Waals surface area contributed by atoms with Gasteiger partial charge in [0, 0.05) is 24.5 Å². The van der Waals surface area contributed by atoms with Gasteiger partial charge >= 0.3 is 0 Å². The molecule has 0 saturated carbocycles. The predicted molar refractivity (Wildman–Crippen MR) is 93.3 cm³/mol. The molecule has 1 aromatic carbocycles. The molecule has 0 spiro atoms. The van der Waals surface area contributed by atoms with Crippen molar-refractivity contribution in [1.82, 2.24) is 10.1 Å². The first-order valence-corrected chi connectivity index (χ1v) is 8.00. The number of ether oxygens (including phenoxy) is 2. The molecule has 0 fully saturated rings. The van der Waals surface area contributed by atoms with Gasteiger partial charge in [-0.25, -0.2) is 0 Å². The third-order valence-electron chi connectivity index (χ3n) is 3.80. The first-order chi connectivity index (χ1) is 12.7. The SMILES string of the molecule is Cc1cc(NC(=O)c2cc(NCc3ccc4c(c3)OCO4)ccn2)no1. The van der Waals surface area contributed by atoms with E-state index in [0.717, 1.165) is 22.7 Å². The van der Waals surface area contributed by atoms with Crippen LogP contribution in [0.2, 0.25) is 0 Å². The molecule has 132 valence electrons. The van der Waals surface area contributed by atoms with E-state index in [2.05, 4.69) is 20.8 Å². The molecule has 8 heteroatoms. The van der Waals surface area contributed by atoms with Gasteiger partial charge in [0.2, 0.25) is 6.79 Å². The number of carbonyl (C=O) groups is 1. The number of nitrogens with one attached hydrogen (secondary N) is 2. The number of anilines is 2. The number of carbonyl (C=O) groups excluding carboxylic acids is 1. The average molecular weight is 352 g/mol. The lowest BCUT2D eigenvalue weighted by Gasteiger charge is -2.08. The summed E-state index contributed by atoms with van der Waals surface area (Å²) in [6, 6.07) is 10.9. The van der Waals surface area contributed by atoms with Crippen molar-refractivity contribution < 1.29 is 18.8 Å². The Labute approximate surface area is 149 Å². The maximum Gasteiger partial charge on any atom is 0.275 e. The fourth-order valence-electron chi connectivity index (χ4n) is 2.53. The van der Waals surface area contributed by atoms with E-state index in [9.17, 15) is 4.79 Å². The van der Waals surface area contributed by atoms with Crippen molar-refractivity contribution in [3.8, 4) is 11.5 Å². The van der Waals surface area contributed by atoms with Crippen molar-refractivity contribution in [3.63, 3.8) is 0 Å². The Balaban J connectivity index is 1.41.